The van der Waals surface area contributed by atoms with E-state index in [1.54, 1.807) is 0 Å². The average Bonchev–Trinajstić information content (AvgIpc) is 2.62. The molecule has 90 valence electrons. The van der Waals surface area contributed by atoms with Crippen LogP contribution in [-0.4, -0.2) is 23.9 Å². The Kier molecular flexibility index (Phi) is 3.18. The van der Waals surface area contributed by atoms with E-state index in [1.165, 1.54) is 16.7 Å². The number of hydrogen-bond acceptors (Lipinski definition) is 3. The van der Waals surface area contributed by atoms with Crippen molar-refractivity contribution in [1.29, 1.82) is 0 Å². The third-order valence-corrected chi connectivity index (χ3v) is 3.30. The van der Waals surface area contributed by atoms with Gasteiger partial charge in [-0.05, 0) is 30.5 Å². The van der Waals surface area contributed by atoms with Crippen LogP contribution < -0.4 is 5.73 Å². The monoisotopic (exact) mass is 229 g/mol. The van der Waals surface area contributed by atoms with E-state index in [-0.39, 0.29) is 6.04 Å². The summed E-state index contributed by atoms with van der Waals surface area (Å²) in [6.07, 6.45) is 1.87. The lowest BCUT2D eigenvalue weighted by Gasteiger charge is -2.27. The smallest absolute Gasteiger partial charge is 0.192 e. The number of benzene rings is 1. The maximum Gasteiger partial charge on any atom is 0.192 e. The highest BCUT2D eigenvalue weighted by Crippen LogP contribution is 2.30. The van der Waals surface area contributed by atoms with Gasteiger partial charge in [-0.3, -0.25) is 4.99 Å². The fourth-order valence-corrected chi connectivity index (χ4v) is 2.49. The number of hydrogen-bond donors (Lipinski definition) is 1. The van der Waals surface area contributed by atoms with Gasteiger partial charge in [0.1, 0.15) is 0 Å². The quantitative estimate of drug-likeness (QED) is 0.807. The molecule has 1 heterocycles. The van der Waals surface area contributed by atoms with Gasteiger partial charge in [0.2, 0.25) is 0 Å². The summed E-state index contributed by atoms with van der Waals surface area (Å²) >= 11 is 0. The Morgan fingerprint density at radius 3 is 2.71 bits per heavy atom. The summed E-state index contributed by atoms with van der Waals surface area (Å²) in [4.78, 5) is 6.46. The third-order valence-electron chi connectivity index (χ3n) is 3.30. The fourth-order valence-electron chi connectivity index (χ4n) is 2.49. The Labute approximate surface area is 103 Å². The molecule has 0 spiro atoms. The molecule has 0 bridgehead atoms. The predicted molar refractivity (Wildman–Crippen MR) is 72.0 cm³/mol. The second-order valence-corrected chi connectivity index (χ2v) is 4.46. The van der Waals surface area contributed by atoms with Gasteiger partial charge in [0.25, 0.3) is 0 Å². The van der Waals surface area contributed by atoms with Gasteiger partial charge in [-0.25, -0.2) is 0 Å². The summed E-state index contributed by atoms with van der Waals surface area (Å²) in [6.45, 7) is 9.55. The van der Waals surface area contributed by atoms with E-state index in [9.17, 15) is 0 Å². The molecule has 0 aliphatic carbocycles. The molecule has 1 aliphatic heterocycles. The summed E-state index contributed by atoms with van der Waals surface area (Å²) in [5.41, 5.74) is 9.87. The standard InChI is InChI=1S/C14H19N3/c1-4-8-17-12(9-16-14(17)15)13-10(2)6-5-7-11(13)3/h4-7,12H,1,8-9H2,2-3H3,(H2,15,16). The summed E-state index contributed by atoms with van der Waals surface area (Å²) in [5, 5.41) is 0. The normalized spacial score (nSPS) is 19.3. The van der Waals surface area contributed by atoms with Crippen LogP contribution in [0.1, 0.15) is 22.7 Å². The Hall–Kier alpha value is -1.77. The maximum atomic E-state index is 5.92. The van der Waals surface area contributed by atoms with Crippen LogP contribution in [-0.2, 0) is 0 Å². The number of aryl methyl sites for hydroxylation is 2. The second kappa shape index (κ2) is 4.62. The van der Waals surface area contributed by atoms with E-state index in [1.807, 2.05) is 6.08 Å². The molecule has 2 rings (SSSR count). The molecule has 3 heteroatoms. The lowest BCUT2D eigenvalue weighted by atomic mass is 9.95. The highest BCUT2D eigenvalue weighted by Gasteiger charge is 2.28. The third kappa shape index (κ3) is 2.05. The molecule has 0 radical (unpaired) electrons. The van der Waals surface area contributed by atoms with Crippen LogP contribution in [0.3, 0.4) is 0 Å². The number of rotatable bonds is 3. The van der Waals surface area contributed by atoms with Gasteiger partial charge < -0.3 is 10.6 Å². The molecule has 1 aliphatic rings. The van der Waals surface area contributed by atoms with Crippen molar-refractivity contribution in [2.24, 2.45) is 10.7 Å². The van der Waals surface area contributed by atoms with Crippen molar-refractivity contribution in [3.05, 3.63) is 47.5 Å². The van der Waals surface area contributed by atoms with Crippen LogP contribution >= 0.6 is 0 Å². The Morgan fingerprint density at radius 2 is 2.12 bits per heavy atom. The zero-order valence-electron chi connectivity index (χ0n) is 10.5. The number of nitrogens with two attached hydrogens (primary N) is 1. The van der Waals surface area contributed by atoms with E-state index >= 15 is 0 Å². The predicted octanol–water partition coefficient (Wildman–Crippen LogP) is 2.16. The zero-order valence-corrected chi connectivity index (χ0v) is 10.5. The summed E-state index contributed by atoms with van der Waals surface area (Å²) < 4.78 is 0. The van der Waals surface area contributed by atoms with Crippen molar-refractivity contribution in [1.82, 2.24) is 4.90 Å². The molecule has 3 nitrogen and oxygen atoms in total. The number of nitrogens with zero attached hydrogens (tertiary/aromatic N) is 2. The molecule has 1 unspecified atom stereocenters. The first-order valence-electron chi connectivity index (χ1n) is 5.88. The maximum absolute atomic E-state index is 5.92. The van der Waals surface area contributed by atoms with Crippen LogP contribution in [0, 0.1) is 13.8 Å². The first-order chi connectivity index (χ1) is 8.15. The van der Waals surface area contributed by atoms with E-state index in [2.05, 4.69) is 48.5 Å². The minimum absolute atomic E-state index is 0.259. The number of guanidine groups is 1. The van der Waals surface area contributed by atoms with Gasteiger partial charge in [-0.15, -0.1) is 6.58 Å². The molecule has 2 N–H and O–H groups in total. The molecule has 0 amide bonds. The lowest BCUT2D eigenvalue weighted by molar-refractivity contribution is 0.378. The van der Waals surface area contributed by atoms with Crippen molar-refractivity contribution in [3.63, 3.8) is 0 Å². The topological polar surface area (TPSA) is 41.6 Å². The molecule has 0 fully saturated rings. The van der Waals surface area contributed by atoms with E-state index in [4.69, 9.17) is 5.73 Å². The minimum Gasteiger partial charge on any atom is -0.370 e. The Bertz CT molecular complexity index is 442. The fraction of sp³-hybridized carbons (Fsp3) is 0.357. The van der Waals surface area contributed by atoms with E-state index in [0.717, 1.165) is 13.1 Å². The van der Waals surface area contributed by atoms with Crippen molar-refractivity contribution in [2.45, 2.75) is 19.9 Å². The molecule has 1 aromatic rings. The van der Waals surface area contributed by atoms with Crippen molar-refractivity contribution < 1.29 is 0 Å². The molecule has 0 saturated heterocycles. The van der Waals surface area contributed by atoms with Gasteiger partial charge >= 0.3 is 0 Å². The molecular formula is C14H19N3. The first-order valence-corrected chi connectivity index (χ1v) is 5.88. The molecule has 17 heavy (non-hydrogen) atoms. The Morgan fingerprint density at radius 1 is 1.47 bits per heavy atom. The Balaban J connectivity index is 2.37. The first kappa shape index (κ1) is 11.7. The zero-order chi connectivity index (χ0) is 12.4. The molecule has 0 saturated carbocycles. The minimum atomic E-state index is 0.259. The lowest BCUT2D eigenvalue weighted by Crippen LogP contribution is -2.36. The summed E-state index contributed by atoms with van der Waals surface area (Å²) in [6, 6.07) is 6.63. The van der Waals surface area contributed by atoms with E-state index < -0.39 is 0 Å². The van der Waals surface area contributed by atoms with Gasteiger partial charge in [0.15, 0.2) is 5.96 Å². The molecule has 1 atom stereocenters. The molecule has 1 aromatic carbocycles. The SMILES string of the molecule is C=CCN1C(N)=NCC1c1c(C)cccc1C. The van der Waals surface area contributed by atoms with Crippen molar-refractivity contribution in [3.8, 4) is 0 Å². The van der Waals surface area contributed by atoms with Crippen LogP contribution in [0.4, 0.5) is 0 Å². The summed E-state index contributed by atoms with van der Waals surface area (Å²) in [7, 11) is 0. The highest BCUT2D eigenvalue weighted by molar-refractivity contribution is 5.80. The highest BCUT2D eigenvalue weighted by atomic mass is 15.3. The second-order valence-electron chi connectivity index (χ2n) is 4.46. The van der Waals surface area contributed by atoms with Crippen molar-refractivity contribution >= 4 is 5.96 Å². The average molecular weight is 229 g/mol. The van der Waals surface area contributed by atoms with Gasteiger partial charge in [-0.1, -0.05) is 24.3 Å². The largest absolute Gasteiger partial charge is 0.370 e. The molecule has 0 aromatic heterocycles. The van der Waals surface area contributed by atoms with Gasteiger partial charge in [-0.2, -0.15) is 0 Å². The van der Waals surface area contributed by atoms with Crippen molar-refractivity contribution in [2.75, 3.05) is 13.1 Å². The van der Waals surface area contributed by atoms with Crippen LogP contribution in [0.25, 0.3) is 0 Å². The van der Waals surface area contributed by atoms with E-state index in [0.29, 0.717) is 5.96 Å². The van der Waals surface area contributed by atoms with Crippen LogP contribution in [0.15, 0.2) is 35.8 Å². The van der Waals surface area contributed by atoms with Gasteiger partial charge in [0, 0.05) is 6.54 Å². The van der Waals surface area contributed by atoms with Gasteiger partial charge in [0.05, 0.1) is 12.6 Å². The molecular weight excluding hydrogens is 210 g/mol. The van der Waals surface area contributed by atoms with Crippen LogP contribution in [0.2, 0.25) is 0 Å². The van der Waals surface area contributed by atoms with Crippen LogP contribution in [0.5, 0.6) is 0 Å². The number of aliphatic imine (C=N–C) groups is 1. The summed E-state index contributed by atoms with van der Waals surface area (Å²) in [5.74, 6) is 0.623.